The summed E-state index contributed by atoms with van der Waals surface area (Å²) in [6.45, 7) is 4.74. The zero-order valence-electron chi connectivity index (χ0n) is 16.1. The van der Waals surface area contributed by atoms with Gasteiger partial charge < -0.3 is 4.74 Å². The molecular weight excluding hydrogens is 519 g/mol. The monoisotopic (exact) mass is 538 g/mol. The van der Waals surface area contributed by atoms with Gasteiger partial charge in [-0.05, 0) is 83.1 Å². The van der Waals surface area contributed by atoms with Crippen LogP contribution in [0, 0.1) is 6.92 Å². The number of thioether (sulfide) groups is 1. The fraction of sp³-hybridized carbons (Fsp3) is 0.182. The van der Waals surface area contributed by atoms with Crippen LogP contribution in [0.15, 0.2) is 62.7 Å². The molecule has 0 saturated carbocycles. The summed E-state index contributed by atoms with van der Waals surface area (Å²) in [5, 5.41) is 1.19. The van der Waals surface area contributed by atoms with E-state index < -0.39 is 0 Å². The lowest BCUT2D eigenvalue weighted by molar-refractivity contribution is -0.113. The quantitative estimate of drug-likeness (QED) is 0.230. The molecule has 0 unspecified atom stereocenters. The molecule has 0 N–H and O–H groups in total. The van der Waals surface area contributed by atoms with Gasteiger partial charge in [0.05, 0.1) is 21.9 Å². The van der Waals surface area contributed by atoms with Gasteiger partial charge in [0.2, 0.25) is 0 Å². The average Bonchev–Trinajstić information content (AvgIpc) is 3.01. The smallest absolute Gasteiger partial charge is 0.271 e. The van der Waals surface area contributed by atoms with Crippen LogP contribution in [0.2, 0.25) is 5.02 Å². The van der Waals surface area contributed by atoms with Crippen molar-refractivity contribution in [2.24, 2.45) is 4.99 Å². The number of rotatable bonds is 6. The molecule has 1 fully saturated rings. The van der Waals surface area contributed by atoms with Crippen molar-refractivity contribution in [3.8, 4) is 5.75 Å². The van der Waals surface area contributed by atoms with Gasteiger partial charge in [-0.2, -0.15) is 0 Å². The molecule has 4 nitrogen and oxygen atoms in total. The molecule has 2 aromatic rings. The average molecular weight is 539 g/mol. The second-order valence-corrected chi connectivity index (χ2v) is 8.41. The molecule has 150 valence electrons. The first kappa shape index (κ1) is 21.9. The standard InChI is InChI=1S/C22H20ClIN2O2S/c1-3-11-25-22-26(18-7-5-4-6-15(18)2)21(27)20(29-22)14-16-8-9-19(17(23)13-16)28-12-10-24/h4-10,12-14H,3,11H2,1-2H3/b12-10+,20-14+,25-22+. The molecule has 1 aliphatic heterocycles. The summed E-state index contributed by atoms with van der Waals surface area (Å²) >= 11 is 9.78. The SMILES string of the molecule is CCC/N=C1/S/C(=C/c2ccc(O/C=C/I)c(Cl)c2)C(=O)N1c1ccccc1C. The van der Waals surface area contributed by atoms with Crippen LogP contribution in [0.5, 0.6) is 5.75 Å². The van der Waals surface area contributed by atoms with Crippen molar-refractivity contribution >= 4 is 68.8 Å². The molecule has 0 aliphatic carbocycles. The third-order valence-corrected chi connectivity index (χ3v) is 5.73. The number of benzene rings is 2. The number of para-hydroxylation sites is 1. The van der Waals surface area contributed by atoms with Gasteiger partial charge in [0, 0.05) is 10.6 Å². The summed E-state index contributed by atoms with van der Waals surface area (Å²) < 4.78 is 7.20. The minimum atomic E-state index is -0.0801. The normalized spacial score (nSPS) is 17.1. The lowest BCUT2D eigenvalue weighted by atomic mass is 10.1. The van der Waals surface area contributed by atoms with Crippen LogP contribution in [0.3, 0.4) is 0 Å². The van der Waals surface area contributed by atoms with Gasteiger partial charge in [0.25, 0.3) is 5.91 Å². The van der Waals surface area contributed by atoms with E-state index >= 15 is 0 Å². The fourth-order valence-corrected chi connectivity index (χ4v) is 4.14. The first-order chi connectivity index (χ1) is 14.0. The number of halogens is 2. The highest BCUT2D eigenvalue weighted by atomic mass is 127. The Morgan fingerprint density at radius 1 is 1.28 bits per heavy atom. The number of carbonyl (C=O) groups excluding carboxylic acids is 1. The van der Waals surface area contributed by atoms with E-state index in [1.54, 1.807) is 27.4 Å². The number of carbonyl (C=O) groups is 1. The molecule has 0 atom stereocenters. The van der Waals surface area contributed by atoms with E-state index in [4.69, 9.17) is 16.3 Å². The van der Waals surface area contributed by atoms with Crippen molar-refractivity contribution in [1.82, 2.24) is 0 Å². The van der Waals surface area contributed by atoms with Crippen molar-refractivity contribution in [2.75, 3.05) is 11.4 Å². The number of anilines is 1. The number of nitrogens with zero attached hydrogens (tertiary/aromatic N) is 2. The van der Waals surface area contributed by atoms with Crippen LogP contribution in [0.25, 0.3) is 6.08 Å². The van der Waals surface area contributed by atoms with E-state index in [9.17, 15) is 4.79 Å². The molecule has 1 amide bonds. The lowest BCUT2D eigenvalue weighted by Gasteiger charge is -2.17. The zero-order valence-corrected chi connectivity index (χ0v) is 19.8. The summed E-state index contributed by atoms with van der Waals surface area (Å²) in [5.74, 6) is 0.488. The van der Waals surface area contributed by atoms with Gasteiger partial charge in [-0.25, -0.2) is 0 Å². The summed E-state index contributed by atoms with van der Waals surface area (Å²) in [4.78, 5) is 20.2. The van der Waals surface area contributed by atoms with Crippen LogP contribution >= 0.6 is 46.0 Å². The Morgan fingerprint density at radius 3 is 2.76 bits per heavy atom. The fourth-order valence-electron chi connectivity index (χ4n) is 2.77. The van der Waals surface area contributed by atoms with Gasteiger partial charge >= 0.3 is 0 Å². The van der Waals surface area contributed by atoms with E-state index in [1.165, 1.54) is 11.8 Å². The Labute approximate surface area is 193 Å². The molecule has 1 saturated heterocycles. The topological polar surface area (TPSA) is 41.9 Å². The molecule has 29 heavy (non-hydrogen) atoms. The first-order valence-corrected chi connectivity index (χ1v) is 11.5. The lowest BCUT2D eigenvalue weighted by Crippen LogP contribution is -2.29. The molecule has 0 spiro atoms. The van der Waals surface area contributed by atoms with Crippen LogP contribution in [0.4, 0.5) is 5.69 Å². The highest BCUT2D eigenvalue weighted by Gasteiger charge is 2.35. The molecule has 3 rings (SSSR count). The Kier molecular flexibility index (Phi) is 7.80. The third kappa shape index (κ3) is 5.24. The Morgan fingerprint density at radius 2 is 2.07 bits per heavy atom. The highest BCUT2D eigenvalue weighted by Crippen LogP contribution is 2.38. The summed E-state index contributed by atoms with van der Waals surface area (Å²) in [6, 6.07) is 13.3. The van der Waals surface area contributed by atoms with Gasteiger partial charge in [-0.15, -0.1) is 0 Å². The molecule has 0 radical (unpaired) electrons. The number of amides is 1. The second-order valence-electron chi connectivity index (χ2n) is 6.27. The van der Waals surface area contributed by atoms with E-state index in [1.807, 2.05) is 43.3 Å². The summed E-state index contributed by atoms with van der Waals surface area (Å²) in [5.41, 5.74) is 2.72. The Hall–Kier alpha value is -1.77. The molecular formula is C22H20ClIN2O2S. The van der Waals surface area contributed by atoms with Crippen molar-refractivity contribution in [1.29, 1.82) is 0 Å². The maximum Gasteiger partial charge on any atom is 0.271 e. The van der Waals surface area contributed by atoms with Gasteiger partial charge in [-0.3, -0.25) is 14.7 Å². The molecule has 2 aromatic carbocycles. The first-order valence-electron chi connectivity index (χ1n) is 9.10. The molecule has 1 heterocycles. The Balaban J connectivity index is 1.95. The largest absolute Gasteiger partial charge is 0.463 e. The van der Waals surface area contributed by atoms with E-state index in [2.05, 4.69) is 34.5 Å². The van der Waals surface area contributed by atoms with Crippen molar-refractivity contribution in [3.63, 3.8) is 0 Å². The molecule has 1 aliphatic rings. The van der Waals surface area contributed by atoms with Gasteiger partial charge in [-0.1, -0.05) is 42.8 Å². The number of ether oxygens (including phenoxy) is 1. The van der Waals surface area contributed by atoms with E-state index in [0.717, 1.165) is 23.2 Å². The highest BCUT2D eigenvalue weighted by molar-refractivity contribution is 14.1. The Bertz CT molecular complexity index is 1000. The van der Waals surface area contributed by atoms with E-state index in [0.29, 0.717) is 27.4 Å². The predicted molar refractivity (Wildman–Crippen MR) is 132 cm³/mol. The van der Waals surface area contributed by atoms with Gasteiger partial charge in [0.15, 0.2) is 5.17 Å². The number of hydrogen-bond donors (Lipinski definition) is 0. The summed E-state index contributed by atoms with van der Waals surface area (Å²) in [6.07, 6.45) is 4.32. The minimum Gasteiger partial charge on any atom is -0.463 e. The van der Waals surface area contributed by atoms with Crippen LogP contribution in [0.1, 0.15) is 24.5 Å². The van der Waals surface area contributed by atoms with Crippen molar-refractivity contribution in [2.45, 2.75) is 20.3 Å². The third-order valence-electron chi connectivity index (χ3n) is 4.13. The van der Waals surface area contributed by atoms with Crippen LogP contribution < -0.4 is 9.64 Å². The van der Waals surface area contributed by atoms with E-state index in [-0.39, 0.29) is 5.91 Å². The predicted octanol–water partition coefficient (Wildman–Crippen LogP) is 6.82. The van der Waals surface area contributed by atoms with Crippen LogP contribution in [-0.2, 0) is 4.79 Å². The maximum atomic E-state index is 13.2. The maximum absolute atomic E-state index is 13.2. The van der Waals surface area contributed by atoms with Crippen LogP contribution in [-0.4, -0.2) is 17.6 Å². The molecule has 0 bridgehead atoms. The molecule has 7 heteroatoms. The number of aryl methyl sites for hydroxylation is 1. The second kappa shape index (κ2) is 10.3. The number of hydrogen-bond acceptors (Lipinski definition) is 4. The van der Waals surface area contributed by atoms with Crippen molar-refractivity contribution < 1.29 is 9.53 Å². The minimum absolute atomic E-state index is 0.0801. The number of aliphatic imine (C=N–C) groups is 1. The summed E-state index contributed by atoms with van der Waals surface area (Å²) in [7, 11) is 0. The van der Waals surface area contributed by atoms with Gasteiger partial charge in [0.1, 0.15) is 5.75 Å². The number of amidine groups is 1. The molecule has 0 aromatic heterocycles. The zero-order chi connectivity index (χ0) is 20.8. The van der Waals surface area contributed by atoms with Crippen molar-refractivity contribution in [3.05, 3.63) is 73.9 Å².